The van der Waals surface area contributed by atoms with Gasteiger partial charge in [-0.1, -0.05) is 30.3 Å². The number of aromatic nitrogens is 3. The molecule has 1 amide bonds. The Morgan fingerprint density at radius 1 is 1.14 bits per heavy atom. The summed E-state index contributed by atoms with van der Waals surface area (Å²) >= 11 is 1.41. The molecule has 1 aliphatic rings. The zero-order chi connectivity index (χ0) is 19.5. The average Bonchev–Trinajstić information content (AvgIpc) is 3.22. The van der Waals surface area contributed by atoms with Gasteiger partial charge in [0.1, 0.15) is 17.4 Å². The van der Waals surface area contributed by atoms with E-state index in [0.717, 1.165) is 43.6 Å². The van der Waals surface area contributed by atoms with Crippen molar-refractivity contribution in [3.05, 3.63) is 58.1 Å². The van der Waals surface area contributed by atoms with Gasteiger partial charge in [-0.15, -0.1) is 11.3 Å². The summed E-state index contributed by atoms with van der Waals surface area (Å²) in [5, 5.41) is 2.56. The molecule has 144 valence electrons. The number of rotatable bonds is 4. The molecule has 1 aromatic carbocycles. The van der Waals surface area contributed by atoms with E-state index < -0.39 is 0 Å². The molecule has 1 aliphatic heterocycles. The Morgan fingerprint density at radius 3 is 2.64 bits per heavy atom. The molecular formula is C21H22N4O2S. The van der Waals surface area contributed by atoms with Gasteiger partial charge in [-0.25, -0.2) is 9.97 Å². The van der Waals surface area contributed by atoms with Crippen LogP contribution in [0, 0.1) is 6.92 Å². The van der Waals surface area contributed by atoms with Crippen LogP contribution in [0.1, 0.15) is 25.1 Å². The van der Waals surface area contributed by atoms with Crippen molar-refractivity contribution >= 4 is 17.2 Å². The van der Waals surface area contributed by atoms with Crippen molar-refractivity contribution in [1.82, 2.24) is 19.4 Å². The second kappa shape index (κ2) is 8.06. The van der Waals surface area contributed by atoms with Gasteiger partial charge in [-0.2, -0.15) is 0 Å². The van der Waals surface area contributed by atoms with Gasteiger partial charge in [0.15, 0.2) is 0 Å². The standard InChI is InChI=1S/C21H22N4O2S/c1-15-22-12-17(20-23-18(14-28-20)16-8-4-2-5-9-16)21(27)25(15)13-19(26)24-10-6-3-7-11-24/h2,4-5,8-9,12,14H,3,6-7,10-11,13H2,1H3. The number of benzene rings is 1. The van der Waals surface area contributed by atoms with Gasteiger partial charge in [-0.3, -0.25) is 14.2 Å². The number of carbonyl (C=O) groups is 1. The lowest BCUT2D eigenvalue weighted by Gasteiger charge is -2.27. The molecule has 1 fully saturated rings. The van der Waals surface area contributed by atoms with E-state index >= 15 is 0 Å². The molecular weight excluding hydrogens is 372 g/mol. The molecule has 28 heavy (non-hydrogen) atoms. The van der Waals surface area contributed by atoms with Crippen molar-refractivity contribution in [2.45, 2.75) is 32.7 Å². The van der Waals surface area contributed by atoms with E-state index in [2.05, 4.69) is 9.97 Å². The SMILES string of the molecule is Cc1ncc(-c2nc(-c3ccccc3)cs2)c(=O)n1CC(=O)N1CCCCC1. The van der Waals surface area contributed by atoms with E-state index in [0.29, 0.717) is 16.4 Å². The van der Waals surface area contributed by atoms with Gasteiger partial charge in [0.05, 0.1) is 11.3 Å². The fourth-order valence-electron chi connectivity index (χ4n) is 3.43. The van der Waals surface area contributed by atoms with Gasteiger partial charge in [-0.05, 0) is 26.2 Å². The molecule has 1 saturated heterocycles. The Morgan fingerprint density at radius 2 is 1.89 bits per heavy atom. The monoisotopic (exact) mass is 394 g/mol. The second-order valence-electron chi connectivity index (χ2n) is 6.96. The highest BCUT2D eigenvalue weighted by atomic mass is 32.1. The number of aryl methyl sites for hydroxylation is 1. The van der Waals surface area contributed by atoms with Crippen molar-refractivity contribution < 1.29 is 4.79 Å². The number of carbonyl (C=O) groups excluding carboxylic acids is 1. The van der Waals surface area contributed by atoms with Crippen LogP contribution in [0.15, 0.2) is 46.7 Å². The van der Waals surface area contributed by atoms with Crippen LogP contribution in [0.3, 0.4) is 0 Å². The molecule has 0 spiro atoms. The van der Waals surface area contributed by atoms with Crippen molar-refractivity contribution in [3.8, 4) is 21.8 Å². The van der Waals surface area contributed by atoms with Crippen molar-refractivity contribution in [3.63, 3.8) is 0 Å². The second-order valence-corrected chi connectivity index (χ2v) is 7.81. The van der Waals surface area contributed by atoms with Gasteiger partial charge in [0, 0.05) is 30.2 Å². The summed E-state index contributed by atoms with van der Waals surface area (Å²) in [6.45, 7) is 3.33. The van der Waals surface area contributed by atoms with Crippen LogP contribution in [0.5, 0.6) is 0 Å². The average molecular weight is 395 g/mol. The summed E-state index contributed by atoms with van der Waals surface area (Å²) in [6, 6.07) is 9.85. The molecule has 0 N–H and O–H groups in total. The molecule has 0 atom stereocenters. The van der Waals surface area contributed by atoms with Gasteiger partial charge in [0.25, 0.3) is 5.56 Å². The van der Waals surface area contributed by atoms with E-state index in [-0.39, 0.29) is 18.0 Å². The lowest BCUT2D eigenvalue weighted by atomic mass is 10.1. The summed E-state index contributed by atoms with van der Waals surface area (Å²) in [7, 11) is 0. The first-order valence-electron chi connectivity index (χ1n) is 9.49. The van der Waals surface area contributed by atoms with Crippen LogP contribution in [0.2, 0.25) is 0 Å². The van der Waals surface area contributed by atoms with Crippen LogP contribution in [-0.2, 0) is 11.3 Å². The summed E-state index contributed by atoms with van der Waals surface area (Å²) < 4.78 is 1.47. The molecule has 0 radical (unpaired) electrons. The Bertz CT molecular complexity index is 1040. The highest BCUT2D eigenvalue weighted by Gasteiger charge is 2.20. The normalized spacial score (nSPS) is 14.2. The molecule has 0 bridgehead atoms. The predicted molar refractivity (Wildman–Crippen MR) is 110 cm³/mol. The van der Waals surface area contributed by atoms with E-state index in [9.17, 15) is 9.59 Å². The highest BCUT2D eigenvalue weighted by molar-refractivity contribution is 7.13. The molecule has 0 aliphatic carbocycles. The Labute approximate surface area is 167 Å². The van der Waals surface area contributed by atoms with Crippen LogP contribution >= 0.6 is 11.3 Å². The van der Waals surface area contributed by atoms with Crippen LogP contribution in [0.25, 0.3) is 21.8 Å². The lowest BCUT2D eigenvalue weighted by Crippen LogP contribution is -2.40. The maximum atomic E-state index is 13.1. The van der Waals surface area contributed by atoms with E-state index in [1.165, 1.54) is 15.9 Å². The molecule has 7 heteroatoms. The number of amides is 1. The van der Waals surface area contributed by atoms with E-state index in [4.69, 9.17) is 0 Å². The highest BCUT2D eigenvalue weighted by Crippen LogP contribution is 2.26. The largest absolute Gasteiger partial charge is 0.341 e. The Kier molecular flexibility index (Phi) is 5.34. The third-order valence-corrected chi connectivity index (χ3v) is 5.93. The first kappa shape index (κ1) is 18.6. The first-order valence-corrected chi connectivity index (χ1v) is 10.4. The Balaban J connectivity index is 1.63. The minimum absolute atomic E-state index is 0.0204. The molecule has 4 rings (SSSR count). The van der Waals surface area contributed by atoms with Gasteiger partial charge in [0.2, 0.25) is 5.91 Å². The van der Waals surface area contributed by atoms with Crippen molar-refractivity contribution in [2.75, 3.05) is 13.1 Å². The fraction of sp³-hybridized carbons (Fsp3) is 0.333. The maximum absolute atomic E-state index is 13.1. The minimum Gasteiger partial charge on any atom is -0.341 e. The molecule has 2 aromatic heterocycles. The number of piperidine rings is 1. The molecule has 0 saturated carbocycles. The van der Waals surface area contributed by atoms with Crippen molar-refractivity contribution in [2.24, 2.45) is 0 Å². The first-order chi connectivity index (χ1) is 13.6. The number of hydrogen-bond acceptors (Lipinski definition) is 5. The minimum atomic E-state index is -0.216. The number of thiazole rings is 1. The quantitative estimate of drug-likeness (QED) is 0.681. The van der Waals surface area contributed by atoms with Crippen LogP contribution in [-0.4, -0.2) is 38.4 Å². The summed E-state index contributed by atoms with van der Waals surface area (Å²) in [5.41, 5.74) is 2.05. The van der Waals surface area contributed by atoms with Crippen LogP contribution < -0.4 is 5.56 Å². The van der Waals surface area contributed by atoms with Gasteiger partial charge >= 0.3 is 0 Å². The summed E-state index contributed by atoms with van der Waals surface area (Å²) in [6.07, 6.45) is 4.78. The predicted octanol–water partition coefficient (Wildman–Crippen LogP) is 3.35. The molecule has 6 nitrogen and oxygen atoms in total. The van der Waals surface area contributed by atoms with Crippen LogP contribution in [0.4, 0.5) is 0 Å². The third kappa shape index (κ3) is 3.75. The smallest absolute Gasteiger partial charge is 0.264 e. The molecule has 3 aromatic rings. The topological polar surface area (TPSA) is 68.1 Å². The molecule has 0 unspecified atom stereocenters. The Hall–Kier alpha value is -2.80. The zero-order valence-corrected chi connectivity index (χ0v) is 16.6. The van der Waals surface area contributed by atoms with E-state index in [1.807, 2.05) is 40.6 Å². The summed E-state index contributed by atoms with van der Waals surface area (Å²) in [5.74, 6) is 0.520. The van der Waals surface area contributed by atoms with E-state index in [1.54, 1.807) is 13.1 Å². The van der Waals surface area contributed by atoms with Gasteiger partial charge < -0.3 is 4.90 Å². The third-order valence-electron chi connectivity index (χ3n) is 5.05. The number of likely N-dealkylation sites (tertiary alicyclic amines) is 1. The number of nitrogens with zero attached hydrogens (tertiary/aromatic N) is 4. The zero-order valence-electron chi connectivity index (χ0n) is 15.8. The summed E-state index contributed by atoms with van der Waals surface area (Å²) in [4.78, 5) is 36.5. The number of hydrogen-bond donors (Lipinski definition) is 0. The van der Waals surface area contributed by atoms with Crippen molar-refractivity contribution in [1.29, 1.82) is 0 Å². The molecule has 3 heterocycles. The fourth-order valence-corrected chi connectivity index (χ4v) is 4.26. The maximum Gasteiger partial charge on any atom is 0.264 e. The lowest BCUT2D eigenvalue weighted by molar-refractivity contribution is -0.132.